The minimum atomic E-state index is -1.52. The first-order chi connectivity index (χ1) is 12.3. The maximum Gasteiger partial charge on any atom is 0.342 e. The average molecular weight is 359 g/mol. The molecule has 0 fully saturated rings. The van der Waals surface area contributed by atoms with Crippen LogP contribution in [0.1, 0.15) is 40.1 Å². The second-order valence-corrected chi connectivity index (χ2v) is 5.76. The van der Waals surface area contributed by atoms with E-state index < -0.39 is 28.6 Å². The smallest absolute Gasteiger partial charge is 0.342 e. The molecule has 2 aromatic rings. The van der Waals surface area contributed by atoms with Gasteiger partial charge in [-0.15, -0.1) is 0 Å². The topological polar surface area (TPSA) is 137 Å². The Morgan fingerprint density at radius 3 is 2.27 bits per heavy atom. The summed E-state index contributed by atoms with van der Waals surface area (Å²) in [4.78, 5) is 39.6. The number of aromatic nitrogens is 1. The van der Waals surface area contributed by atoms with Gasteiger partial charge in [0.1, 0.15) is 16.9 Å². The highest BCUT2D eigenvalue weighted by Gasteiger charge is 2.26. The van der Waals surface area contributed by atoms with Gasteiger partial charge in [0.05, 0.1) is 0 Å². The van der Waals surface area contributed by atoms with Crippen LogP contribution in [0, 0.1) is 0 Å². The molecule has 0 radical (unpaired) electrons. The third-order valence-corrected chi connectivity index (χ3v) is 4.19. The lowest BCUT2D eigenvalue weighted by atomic mass is 9.94. The first-order valence-corrected chi connectivity index (χ1v) is 8.14. The number of nitrogens with one attached hydrogen (secondary N) is 1. The average Bonchev–Trinajstić information content (AvgIpc) is 2.58. The highest BCUT2D eigenvalue weighted by Crippen LogP contribution is 2.30. The number of pyridine rings is 1. The Hall–Kier alpha value is -3.13. The summed E-state index contributed by atoms with van der Waals surface area (Å²) in [5.74, 6) is -3.31. The zero-order valence-corrected chi connectivity index (χ0v) is 14.6. The molecule has 1 aromatic heterocycles. The Kier molecular flexibility index (Phi) is 5.78. The fraction of sp³-hybridized carbons (Fsp3) is 0.278. The molecule has 1 heterocycles. The third kappa shape index (κ3) is 3.75. The number of nitrogen functional groups attached to an aromatic ring is 1. The number of hydrogen-bond acceptors (Lipinski definition) is 5. The summed E-state index contributed by atoms with van der Waals surface area (Å²) >= 11 is 0. The number of hydrogen-bond donors (Lipinski definition) is 4. The molecule has 138 valence electrons. The van der Waals surface area contributed by atoms with Gasteiger partial charge < -0.3 is 20.9 Å². The van der Waals surface area contributed by atoms with Crippen LogP contribution in [0.15, 0.2) is 29.1 Å². The Morgan fingerprint density at radius 2 is 1.73 bits per heavy atom. The molecule has 0 spiro atoms. The van der Waals surface area contributed by atoms with E-state index in [9.17, 15) is 24.6 Å². The maximum absolute atomic E-state index is 12.1. The minimum Gasteiger partial charge on any atom is -0.478 e. The number of carboxylic acids is 2. The number of rotatable bonds is 7. The van der Waals surface area contributed by atoms with Gasteiger partial charge in [-0.1, -0.05) is 32.0 Å². The summed E-state index contributed by atoms with van der Waals surface area (Å²) in [7, 11) is 0. The number of aromatic amines is 1. The van der Waals surface area contributed by atoms with Crippen LogP contribution in [-0.4, -0.2) is 45.1 Å². The minimum absolute atomic E-state index is 0.187. The lowest BCUT2D eigenvalue weighted by Crippen LogP contribution is -2.24. The summed E-state index contributed by atoms with van der Waals surface area (Å²) in [6, 6.07) is 6.81. The highest BCUT2D eigenvalue weighted by atomic mass is 16.4. The zero-order chi connectivity index (χ0) is 19.4. The first-order valence-electron chi connectivity index (χ1n) is 8.14. The van der Waals surface area contributed by atoms with Gasteiger partial charge in [-0.2, -0.15) is 0 Å². The quantitative estimate of drug-likeness (QED) is 0.592. The van der Waals surface area contributed by atoms with Crippen molar-refractivity contribution in [2.45, 2.75) is 20.4 Å². The van der Waals surface area contributed by atoms with Crippen LogP contribution in [0.3, 0.4) is 0 Å². The van der Waals surface area contributed by atoms with Gasteiger partial charge in [0.15, 0.2) is 0 Å². The molecule has 0 amide bonds. The van der Waals surface area contributed by atoms with Gasteiger partial charge in [0.2, 0.25) is 0 Å². The van der Waals surface area contributed by atoms with Crippen LogP contribution in [0.25, 0.3) is 11.1 Å². The molecule has 0 atom stereocenters. The van der Waals surface area contributed by atoms with E-state index in [2.05, 4.69) is 9.88 Å². The van der Waals surface area contributed by atoms with Crippen LogP contribution in [0.5, 0.6) is 0 Å². The fourth-order valence-corrected chi connectivity index (χ4v) is 2.87. The molecule has 0 saturated carbocycles. The largest absolute Gasteiger partial charge is 0.478 e. The number of carboxylic acid groups (broad SMARTS) is 2. The van der Waals surface area contributed by atoms with E-state index in [0.29, 0.717) is 12.1 Å². The van der Waals surface area contributed by atoms with Crippen molar-refractivity contribution in [3.05, 3.63) is 51.3 Å². The highest BCUT2D eigenvalue weighted by molar-refractivity contribution is 6.07. The number of anilines is 1. The summed E-state index contributed by atoms with van der Waals surface area (Å²) < 4.78 is 0. The van der Waals surface area contributed by atoms with Crippen molar-refractivity contribution in [2.24, 2.45) is 0 Å². The number of aromatic carboxylic acids is 2. The molecular weight excluding hydrogens is 338 g/mol. The van der Waals surface area contributed by atoms with Crippen molar-refractivity contribution in [2.75, 3.05) is 18.8 Å². The molecule has 8 heteroatoms. The SMILES string of the molecule is CCN(CC)Cc1cccc(-c2c(C(=O)O)c(N)[nH]c(=O)c2C(=O)O)c1. The number of nitrogens with zero attached hydrogens (tertiary/aromatic N) is 1. The lowest BCUT2D eigenvalue weighted by molar-refractivity contribution is 0.0695. The van der Waals surface area contributed by atoms with Gasteiger partial charge in [-0.05, 0) is 30.3 Å². The van der Waals surface area contributed by atoms with Crippen molar-refractivity contribution < 1.29 is 19.8 Å². The predicted molar refractivity (Wildman–Crippen MR) is 97.5 cm³/mol. The van der Waals surface area contributed by atoms with Crippen molar-refractivity contribution >= 4 is 17.8 Å². The molecule has 1 aromatic carbocycles. The van der Waals surface area contributed by atoms with Crippen LogP contribution in [0.2, 0.25) is 0 Å². The standard InChI is InChI=1S/C18H21N3O5/c1-3-21(4-2)9-10-6-5-7-11(8-10)12-13(17(23)24)15(19)20-16(22)14(12)18(25)26/h5-8H,3-4,9H2,1-2H3,(H,23,24)(H,25,26)(H3,19,20,22). The summed E-state index contributed by atoms with van der Waals surface area (Å²) in [5.41, 5.74) is 4.65. The number of carbonyl (C=O) groups is 2. The molecule has 8 nitrogen and oxygen atoms in total. The second kappa shape index (κ2) is 7.83. The molecule has 0 unspecified atom stereocenters. The van der Waals surface area contributed by atoms with E-state index in [1.807, 2.05) is 19.9 Å². The molecule has 0 saturated heterocycles. The van der Waals surface area contributed by atoms with Crippen molar-refractivity contribution in [3.63, 3.8) is 0 Å². The van der Waals surface area contributed by atoms with Gasteiger partial charge in [-0.25, -0.2) is 9.59 Å². The number of nitrogens with two attached hydrogens (primary N) is 1. The van der Waals surface area contributed by atoms with E-state index in [-0.39, 0.29) is 11.4 Å². The van der Waals surface area contributed by atoms with Gasteiger partial charge in [-0.3, -0.25) is 9.69 Å². The lowest BCUT2D eigenvalue weighted by Gasteiger charge is -2.19. The normalized spacial score (nSPS) is 10.9. The third-order valence-electron chi connectivity index (χ3n) is 4.19. The van der Waals surface area contributed by atoms with Crippen LogP contribution >= 0.6 is 0 Å². The Bertz CT molecular complexity index is 900. The first kappa shape index (κ1) is 19.2. The maximum atomic E-state index is 12.1. The summed E-state index contributed by atoms with van der Waals surface area (Å²) in [5, 5.41) is 18.9. The zero-order valence-electron chi connectivity index (χ0n) is 14.6. The molecule has 0 aliphatic carbocycles. The van der Waals surface area contributed by atoms with Crippen LogP contribution in [0.4, 0.5) is 5.82 Å². The Balaban J connectivity index is 2.73. The van der Waals surface area contributed by atoms with E-state index in [0.717, 1.165) is 18.7 Å². The Morgan fingerprint density at radius 1 is 1.12 bits per heavy atom. The van der Waals surface area contributed by atoms with E-state index >= 15 is 0 Å². The fourth-order valence-electron chi connectivity index (χ4n) is 2.87. The predicted octanol–water partition coefficient (Wildman–Crippen LogP) is 1.86. The Labute approximate surface area is 149 Å². The summed E-state index contributed by atoms with van der Waals surface area (Å²) in [6.45, 7) is 6.33. The molecule has 2 rings (SSSR count). The number of benzene rings is 1. The van der Waals surface area contributed by atoms with Crippen LogP contribution in [-0.2, 0) is 6.54 Å². The molecule has 0 aliphatic heterocycles. The van der Waals surface area contributed by atoms with Crippen LogP contribution < -0.4 is 11.3 Å². The summed E-state index contributed by atoms with van der Waals surface area (Å²) in [6.07, 6.45) is 0. The van der Waals surface area contributed by atoms with Crippen molar-refractivity contribution in [1.29, 1.82) is 0 Å². The van der Waals surface area contributed by atoms with Crippen molar-refractivity contribution in [1.82, 2.24) is 9.88 Å². The molecule has 0 bridgehead atoms. The van der Waals surface area contributed by atoms with E-state index in [1.165, 1.54) is 0 Å². The molecule has 0 aliphatic rings. The van der Waals surface area contributed by atoms with Gasteiger partial charge in [0.25, 0.3) is 5.56 Å². The van der Waals surface area contributed by atoms with E-state index in [4.69, 9.17) is 5.73 Å². The van der Waals surface area contributed by atoms with E-state index in [1.54, 1.807) is 18.2 Å². The number of H-pyrrole nitrogens is 1. The molecule has 26 heavy (non-hydrogen) atoms. The van der Waals surface area contributed by atoms with Crippen molar-refractivity contribution in [3.8, 4) is 11.1 Å². The van der Waals surface area contributed by atoms with Gasteiger partial charge in [0, 0.05) is 12.1 Å². The molecular formula is C18H21N3O5. The molecule has 5 N–H and O–H groups in total. The van der Waals surface area contributed by atoms with Gasteiger partial charge >= 0.3 is 11.9 Å². The second-order valence-electron chi connectivity index (χ2n) is 5.76. The monoisotopic (exact) mass is 359 g/mol.